The van der Waals surface area contributed by atoms with E-state index in [9.17, 15) is 9.90 Å². The largest absolute Gasteiger partial charge is 0.483 e. The first kappa shape index (κ1) is 21.5. The summed E-state index contributed by atoms with van der Waals surface area (Å²) in [6, 6.07) is 12.0. The highest BCUT2D eigenvalue weighted by atomic mass is 16.3. The molecule has 1 aliphatic rings. The quantitative estimate of drug-likeness (QED) is 0.707. The lowest BCUT2D eigenvalue weighted by Gasteiger charge is -2.31. The van der Waals surface area contributed by atoms with Crippen LogP contribution in [0, 0.1) is 0 Å². The molecule has 2 heterocycles. The van der Waals surface area contributed by atoms with E-state index in [1.807, 2.05) is 31.2 Å². The number of rotatable bonds is 7. The van der Waals surface area contributed by atoms with E-state index in [2.05, 4.69) is 22.0 Å². The van der Waals surface area contributed by atoms with Crippen LogP contribution in [-0.4, -0.2) is 56.6 Å². The monoisotopic (exact) mass is 385 g/mol. The Balaban J connectivity index is 0.000000878. The van der Waals surface area contributed by atoms with Crippen molar-refractivity contribution >= 4 is 12.4 Å². The SMILES string of the molecule is CCC(CO)N(Cc1cccnc1)C(=O)CN1Cc2ccccc2C1.O=CO. The third-order valence-electron chi connectivity index (χ3n) is 4.78. The normalized spacial score (nSPS) is 13.8. The fourth-order valence-electron chi connectivity index (χ4n) is 3.35. The minimum Gasteiger partial charge on any atom is -0.483 e. The molecule has 1 aromatic carbocycles. The molecule has 1 amide bonds. The zero-order chi connectivity index (χ0) is 20.4. The Labute approximate surface area is 165 Å². The Bertz CT molecular complexity index is 725. The summed E-state index contributed by atoms with van der Waals surface area (Å²) < 4.78 is 0. The van der Waals surface area contributed by atoms with Crippen molar-refractivity contribution in [1.82, 2.24) is 14.8 Å². The number of fused-ring (bicyclic) bond motifs is 1. The first-order valence-corrected chi connectivity index (χ1v) is 9.29. The highest BCUT2D eigenvalue weighted by Crippen LogP contribution is 2.22. The molecule has 7 heteroatoms. The third-order valence-corrected chi connectivity index (χ3v) is 4.78. The van der Waals surface area contributed by atoms with Gasteiger partial charge in [0.15, 0.2) is 0 Å². The molecule has 0 spiro atoms. The van der Waals surface area contributed by atoms with Gasteiger partial charge in [-0.15, -0.1) is 0 Å². The number of hydrogen-bond acceptors (Lipinski definition) is 5. The number of nitrogens with zero attached hydrogens (tertiary/aromatic N) is 3. The van der Waals surface area contributed by atoms with E-state index in [-0.39, 0.29) is 25.0 Å². The molecule has 0 radical (unpaired) electrons. The van der Waals surface area contributed by atoms with Crippen LogP contribution in [0.4, 0.5) is 0 Å². The molecule has 1 aromatic heterocycles. The molecule has 2 N–H and O–H groups in total. The summed E-state index contributed by atoms with van der Waals surface area (Å²) in [6.45, 7) is 4.17. The summed E-state index contributed by atoms with van der Waals surface area (Å²) in [4.78, 5) is 29.4. The Morgan fingerprint density at radius 1 is 1.25 bits per heavy atom. The first-order chi connectivity index (χ1) is 13.6. The number of carbonyl (C=O) groups is 2. The minimum atomic E-state index is -0.250. The average molecular weight is 385 g/mol. The highest BCUT2D eigenvalue weighted by molar-refractivity contribution is 5.78. The van der Waals surface area contributed by atoms with Crippen LogP contribution in [0.5, 0.6) is 0 Å². The molecule has 0 saturated carbocycles. The lowest BCUT2D eigenvalue weighted by atomic mass is 10.1. The highest BCUT2D eigenvalue weighted by Gasteiger charge is 2.26. The van der Waals surface area contributed by atoms with Crippen molar-refractivity contribution in [3.63, 3.8) is 0 Å². The smallest absolute Gasteiger partial charge is 0.290 e. The molecule has 7 nitrogen and oxygen atoms in total. The summed E-state index contributed by atoms with van der Waals surface area (Å²) in [5, 5.41) is 16.6. The fraction of sp³-hybridized carbons (Fsp3) is 0.381. The topological polar surface area (TPSA) is 94.0 Å². The van der Waals surface area contributed by atoms with E-state index in [4.69, 9.17) is 9.90 Å². The predicted molar refractivity (Wildman–Crippen MR) is 105 cm³/mol. The summed E-state index contributed by atoms with van der Waals surface area (Å²) >= 11 is 0. The van der Waals surface area contributed by atoms with Crippen molar-refractivity contribution in [2.75, 3.05) is 13.2 Å². The number of aliphatic hydroxyl groups is 1. The number of benzene rings is 1. The van der Waals surface area contributed by atoms with Crippen LogP contribution < -0.4 is 0 Å². The average Bonchev–Trinajstić information content (AvgIpc) is 3.11. The van der Waals surface area contributed by atoms with Crippen LogP contribution in [0.1, 0.15) is 30.0 Å². The molecule has 0 bridgehead atoms. The van der Waals surface area contributed by atoms with E-state index < -0.39 is 0 Å². The van der Waals surface area contributed by atoms with Crippen molar-refractivity contribution in [3.05, 3.63) is 65.5 Å². The molecule has 0 aliphatic carbocycles. The molecule has 1 unspecified atom stereocenters. The summed E-state index contributed by atoms with van der Waals surface area (Å²) in [6.07, 6.45) is 4.22. The van der Waals surface area contributed by atoms with Gasteiger partial charge in [0, 0.05) is 32.0 Å². The maximum atomic E-state index is 13.0. The lowest BCUT2D eigenvalue weighted by molar-refractivity contribution is -0.136. The second kappa shape index (κ2) is 11.2. The van der Waals surface area contributed by atoms with Crippen molar-refractivity contribution in [2.24, 2.45) is 0 Å². The van der Waals surface area contributed by atoms with E-state index in [0.29, 0.717) is 13.1 Å². The minimum absolute atomic E-state index is 0.0251. The first-order valence-electron chi connectivity index (χ1n) is 9.29. The van der Waals surface area contributed by atoms with Gasteiger partial charge in [-0.2, -0.15) is 0 Å². The number of amides is 1. The Morgan fingerprint density at radius 2 is 1.89 bits per heavy atom. The van der Waals surface area contributed by atoms with Gasteiger partial charge in [-0.05, 0) is 29.2 Å². The van der Waals surface area contributed by atoms with Gasteiger partial charge in [-0.3, -0.25) is 19.5 Å². The number of aromatic nitrogens is 1. The predicted octanol–water partition coefficient (Wildman–Crippen LogP) is 1.90. The standard InChI is InChI=1S/C20H25N3O2.CH2O2/c1-2-19(15-24)23(11-16-6-5-9-21-10-16)20(25)14-22-12-17-7-3-4-8-18(17)13-22;2-1-3/h3-10,19,24H,2,11-15H2,1H3;1H,(H,2,3). The second-order valence-electron chi connectivity index (χ2n) is 6.65. The van der Waals surface area contributed by atoms with Gasteiger partial charge in [-0.1, -0.05) is 37.3 Å². The summed E-state index contributed by atoms with van der Waals surface area (Å²) in [7, 11) is 0. The van der Waals surface area contributed by atoms with Crippen LogP contribution in [-0.2, 0) is 29.2 Å². The van der Waals surface area contributed by atoms with Gasteiger partial charge in [0.2, 0.25) is 5.91 Å². The Kier molecular flexibility index (Phi) is 8.58. The molecule has 3 rings (SSSR count). The van der Waals surface area contributed by atoms with E-state index in [0.717, 1.165) is 25.1 Å². The fourth-order valence-corrected chi connectivity index (χ4v) is 3.35. The molecular formula is C21H27N3O4. The van der Waals surface area contributed by atoms with Crippen molar-refractivity contribution in [2.45, 2.75) is 39.0 Å². The van der Waals surface area contributed by atoms with Crippen molar-refractivity contribution in [1.29, 1.82) is 0 Å². The summed E-state index contributed by atoms with van der Waals surface area (Å²) in [5.74, 6) is 0.0533. The van der Waals surface area contributed by atoms with Crippen LogP contribution >= 0.6 is 0 Å². The third kappa shape index (κ3) is 5.87. The van der Waals surface area contributed by atoms with Crippen LogP contribution in [0.2, 0.25) is 0 Å². The van der Waals surface area contributed by atoms with Gasteiger partial charge in [0.05, 0.1) is 19.2 Å². The maximum absolute atomic E-state index is 13.0. The van der Waals surface area contributed by atoms with Gasteiger partial charge < -0.3 is 15.1 Å². The van der Waals surface area contributed by atoms with Crippen molar-refractivity contribution < 1.29 is 19.8 Å². The molecule has 0 saturated heterocycles. The number of pyridine rings is 1. The molecule has 2 aromatic rings. The van der Waals surface area contributed by atoms with E-state index in [1.165, 1.54) is 11.1 Å². The zero-order valence-corrected chi connectivity index (χ0v) is 16.1. The van der Waals surface area contributed by atoms with Crippen LogP contribution in [0.3, 0.4) is 0 Å². The number of carboxylic acid groups (broad SMARTS) is 1. The van der Waals surface area contributed by atoms with Crippen LogP contribution in [0.15, 0.2) is 48.8 Å². The molecular weight excluding hydrogens is 358 g/mol. The summed E-state index contributed by atoms with van der Waals surface area (Å²) in [5.41, 5.74) is 3.57. The van der Waals surface area contributed by atoms with Crippen molar-refractivity contribution in [3.8, 4) is 0 Å². The number of aliphatic hydroxyl groups excluding tert-OH is 1. The lowest BCUT2D eigenvalue weighted by Crippen LogP contribution is -2.45. The maximum Gasteiger partial charge on any atom is 0.290 e. The molecule has 1 atom stereocenters. The number of hydrogen-bond donors (Lipinski definition) is 2. The Hall–Kier alpha value is -2.77. The second-order valence-corrected chi connectivity index (χ2v) is 6.65. The van der Waals surface area contributed by atoms with Gasteiger partial charge in [-0.25, -0.2) is 0 Å². The van der Waals surface area contributed by atoms with Crippen LogP contribution in [0.25, 0.3) is 0 Å². The molecule has 0 fully saturated rings. The molecule has 28 heavy (non-hydrogen) atoms. The molecule has 150 valence electrons. The number of carbonyl (C=O) groups excluding carboxylic acids is 1. The van der Waals surface area contributed by atoms with Gasteiger partial charge in [0.25, 0.3) is 6.47 Å². The Morgan fingerprint density at radius 3 is 2.39 bits per heavy atom. The molecule has 1 aliphatic heterocycles. The van der Waals surface area contributed by atoms with Gasteiger partial charge >= 0.3 is 0 Å². The zero-order valence-electron chi connectivity index (χ0n) is 16.1. The van der Waals surface area contributed by atoms with Gasteiger partial charge in [0.1, 0.15) is 0 Å². The van der Waals surface area contributed by atoms with E-state index in [1.54, 1.807) is 17.3 Å². The van der Waals surface area contributed by atoms with E-state index >= 15 is 0 Å².